The molecule has 5 aromatic rings. The largest absolute Gasteiger partial charge is 0.338 e. The Labute approximate surface area is 194 Å². The van der Waals surface area contributed by atoms with Crippen molar-refractivity contribution in [3.05, 3.63) is 91.6 Å². The van der Waals surface area contributed by atoms with Crippen molar-refractivity contribution in [1.29, 1.82) is 0 Å². The normalized spacial score (nSPS) is 11.3. The van der Waals surface area contributed by atoms with Crippen LogP contribution in [0.3, 0.4) is 0 Å². The van der Waals surface area contributed by atoms with Crippen molar-refractivity contribution < 1.29 is 4.52 Å². The van der Waals surface area contributed by atoms with Crippen LogP contribution in [0.5, 0.6) is 0 Å². The number of hydrogen-bond acceptors (Lipinski definition) is 7. The summed E-state index contributed by atoms with van der Waals surface area (Å²) in [5.74, 6) is 1.42. The number of halogens is 1. The van der Waals surface area contributed by atoms with Crippen LogP contribution in [0.2, 0.25) is 0 Å². The third-order valence-corrected chi connectivity index (χ3v) is 6.91. The van der Waals surface area contributed by atoms with Gasteiger partial charge in [-0.2, -0.15) is 4.98 Å². The third kappa shape index (κ3) is 4.34. The second-order valence-corrected chi connectivity index (χ2v) is 9.58. The van der Waals surface area contributed by atoms with Gasteiger partial charge in [0.25, 0.3) is 5.56 Å². The zero-order valence-electron chi connectivity index (χ0n) is 16.1. The van der Waals surface area contributed by atoms with E-state index < -0.39 is 0 Å². The Morgan fingerprint density at radius 2 is 1.97 bits per heavy atom. The third-order valence-electron chi connectivity index (χ3n) is 4.60. The highest BCUT2D eigenvalue weighted by Gasteiger charge is 2.15. The summed E-state index contributed by atoms with van der Waals surface area (Å²) in [6.07, 6.45) is 0. The summed E-state index contributed by atoms with van der Waals surface area (Å²) in [7, 11) is 0. The van der Waals surface area contributed by atoms with Gasteiger partial charge in [-0.05, 0) is 35.7 Å². The number of thioether (sulfide) groups is 1. The van der Waals surface area contributed by atoms with Gasteiger partial charge in [0.1, 0.15) is 0 Å². The molecule has 0 N–H and O–H groups in total. The average Bonchev–Trinajstić information content (AvgIpc) is 3.47. The zero-order chi connectivity index (χ0) is 21.2. The van der Waals surface area contributed by atoms with Gasteiger partial charge in [0.2, 0.25) is 11.7 Å². The zero-order valence-corrected chi connectivity index (χ0v) is 19.3. The number of hydrogen-bond donors (Lipinski definition) is 0. The molecule has 31 heavy (non-hydrogen) atoms. The first-order valence-corrected chi connectivity index (χ1v) is 12.1. The molecule has 0 amide bonds. The summed E-state index contributed by atoms with van der Waals surface area (Å²) in [6, 6.07) is 19.1. The van der Waals surface area contributed by atoms with Crippen molar-refractivity contribution in [3.8, 4) is 11.4 Å². The summed E-state index contributed by atoms with van der Waals surface area (Å²) in [5.41, 5.74) is 1.49. The Bertz CT molecular complexity index is 1410. The Hall–Kier alpha value is -2.75. The van der Waals surface area contributed by atoms with Crippen LogP contribution in [-0.4, -0.2) is 19.7 Å². The highest BCUT2D eigenvalue weighted by atomic mass is 79.9. The average molecular weight is 511 g/mol. The Morgan fingerprint density at radius 3 is 2.81 bits per heavy atom. The first kappa shape index (κ1) is 20.2. The number of fused-ring (bicyclic) bond motifs is 1. The van der Waals surface area contributed by atoms with Crippen molar-refractivity contribution in [2.45, 2.75) is 17.5 Å². The minimum absolute atomic E-state index is 0.0538. The Balaban J connectivity index is 1.45. The van der Waals surface area contributed by atoms with E-state index in [1.165, 1.54) is 11.8 Å². The topological polar surface area (TPSA) is 73.8 Å². The Kier molecular flexibility index (Phi) is 5.71. The number of thiophene rings is 1. The fraction of sp³-hybridized carbons (Fsp3) is 0.0909. The van der Waals surface area contributed by atoms with Crippen LogP contribution < -0.4 is 5.56 Å². The minimum Gasteiger partial charge on any atom is -0.338 e. The van der Waals surface area contributed by atoms with Crippen molar-refractivity contribution in [3.63, 3.8) is 0 Å². The number of aromatic nitrogens is 4. The van der Waals surface area contributed by atoms with E-state index in [0.29, 0.717) is 40.1 Å². The molecule has 2 aromatic carbocycles. The van der Waals surface area contributed by atoms with E-state index in [0.717, 1.165) is 14.9 Å². The molecule has 0 aliphatic heterocycles. The van der Waals surface area contributed by atoms with Crippen LogP contribution in [0.15, 0.2) is 85.0 Å². The molecule has 0 bridgehead atoms. The summed E-state index contributed by atoms with van der Waals surface area (Å²) in [4.78, 5) is 23.5. The number of para-hydroxylation sites is 1. The molecule has 3 aromatic heterocycles. The van der Waals surface area contributed by atoms with Gasteiger partial charge in [0.05, 0.1) is 23.2 Å². The first-order valence-electron chi connectivity index (χ1n) is 9.41. The van der Waals surface area contributed by atoms with Crippen molar-refractivity contribution in [2.24, 2.45) is 0 Å². The molecule has 0 unspecified atom stereocenters. The van der Waals surface area contributed by atoms with Gasteiger partial charge in [-0.25, -0.2) is 4.98 Å². The number of benzene rings is 2. The maximum absolute atomic E-state index is 13.2. The van der Waals surface area contributed by atoms with Gasteiger partial charge in [0, 0.05) is 14.9 Å². The summed E-state index contributed by atoms with van der Waals surface area (Å²) in [5, 5.41) is 7.32. The molecule has 3 heterocycles. The van der Waals surface area contributed by atoms with Crippen LogP contribution in [0.25, 0.3) is 22.3 Å². The van der Waals surface area contributed by atoms with E-state index in [2.05, 4.69) is 26.1 Å². The second-order valence-electron chi connectivity index (χ2n) is 6.69. The second kappa shape index (κ2) is 8.78. The molecule has 0 aliphatic rings. The maximum atomic E-state index is 13.2. The van der Waals surface area contributed by atoms with E-state index in [4.69, 9.17) is 9.51 Å². The van der Waals surface area contributed by atoms with Crippen molar-refractivity contribution in [1.82, 2.24) is 19.7 Å². The lowest BCUT2D eigenvalue weighted by molar-refractivity contribution is 0.391. The molecule has 0 aliphatic carbocycles. The van der Waals surface area contributed by atoms with Gasteiger partial charge in [-0.15, -0.1) is 11.3 Å². The van der Waals surface area contributed by atoms with E-state index in [1.807, 2.05) is 66.0 Å². The van der Waals surface area contributed by atoms with Crippen LogP contribution in [0, 0.1) is 0 Å². The molecule has 6 nitrogen and oxygen atoms in total. The van der Waals surface area contributed by atoms with Gasteiger partial charge in [-0.3, -0.25) is 9.36 Å². The predicted molar refractivity (Wildman–Crippen MR) is 126 cm³/mol. The highest BCUT2D eigenvalue weighted by Crippen LogP contribution is 2.25. The van der Waals surface area contributed by atoms with Gasteiger partial charge >= 0.3 is 0 Å². The fourth-order valence-electron chi connectivity index (χ4n) is 3.14. The molecule has 0 fully saturated rings. The lowest BCUT2D eigenvalue weighted by atomic mass is 10.2. The summed E-state index contributed by atoms with van der Waals surface area (Å²) < 4.78 is 8.09. The van der Waals surface area contributed by atoms with E-state index in [-0.39, 0.29) is 5.56 Å². The van der Waals surface area contributed by atoms with E-state index in [1.54, 1.807) is 15.9 Å². The molecule has 154 valence electrons. The summed E-state index contributed by atoms with van der Waals surface area (Å²) in [6.45, 7) is 0.476. The van der Waals surface area contributed by atoms with Crippen LogP contribution in [-0.2, 0) is 12.3 Å². The molecule has 9 heteroatoms. The Morgan fingerprint density at radius 1 is 1.06 bits per heavy atom. The number of nitrogens with zero attached hydrogens (tertiary/aromatic N) is 4. The molecule has 0 saturated carbocycles. The highest BCUT2D eigenvalue weighted by molar-refractivity contribution is 9.10. The van der Waals surface area contributed by atoms with Gasteiger partial charge in [0.15, 0.2) is 5.16 Å². The minimum atomic E-state index is -0.0538. The quantitative estimate of drug-likeness (QED) is 0.218. The molecular formula is C22H15BrN4O2S2. The molecule has 5 rings (SSSR count). The van der Waals surface area contributed by atoms with Crippen LogP contribution in [0.1, 0.15) is 10.8 Å². The predicted octanol–water partition coefficient (Wildman–Crippen LogP) is 5.61. The molecule has 0 atom stereocenters. The van der Waals surface area contributed by atoms with Gasteiger partial charge < -0.3 is 4.52 Å². The fourth-order valence-corrected chi connectivity index (χ4v) is 5.07. The lowest BCUT2D eigenvalue weighted by Crippen LogP contribution is -2.23. The lowest BCUT2D eigenvalue weighted by Gasteiger charge is -2.11. The van der Waals surface area contributed by atoms with Crippen molar-refractivity contribution >= 4 is 49.9 Å². The van der Waals surface area contributed by atoms with Crippen LogP contribution >= 0.6 is 39.0 Å². The molecule has 0 spiro atoms. The van der Waals surface area contributed by atoms with Crippen molar-refractivity contribution in [2.75, 3.05) is 0 Å². The summed E-state index contributed by atoms with van der Waals surface area (Å²) >= 11 is 6.49. The number of rotatable bonds is 6. The molecular weight excluding hydrogens is 496 g/mol. The first-order chi connectivity index (χ1) is 15.2. The molecule has 0 radical (unpaired) electrons. The SMILES string of the molecule is O=c1c2ccccc2nc(SCc2nc(-c3cccc(Br)c3)no2)n1Cc1cccs1. The van der Waals surface area contributed by atoms with E-state index in [9.17, 15) is 4.79 Å². The van der Waals surface area contributed by atoms with Gasteiger partial charge in [-0.1, -0.05) is 63.2 Å². The molecule has 0 saturated heterocycles. The monoisotopic (exact) mass is 510 g/mol. The smallest absolute Gasteiger partial charge is 0.262 e. The standard InChI is InChI=1S/C22H15BrN4O2S2/c23-15-6-3-5-14(11-15)20-25-19(29-26-20)13-31-22-24-18-9-2-1-8-17(18)21(28)27(22)12-16-7-4-10-30-16/h1-11H,12-13H2. The van der Waals surface area contributed by atoms with E-state index >= 15 is 0 Å². The maximum Gasteiger partial charge on any atom is 0.262 e. The van der Waals surface area contributed by atoms with Crippen LogP contribution in [0.4, 0.5) is 0 Å².